The molecule has 0 amide bonds. The van der Waals surface area contributed by atoms with Crippen molar-refractivity contribution in [1.82, 2.24) is 4.98 Å². The molecule has 33 heavy (non-hydrogen) atoms. The van der Waals surface area contributed by atoms with Crippen LogP contribution < -0.4 is 9.47 Å². The zero-order valence-electron chi connectivity index (χ0n) is 18.7. The molecule has 0 fully saturated rings. The molecule has 3 aromatic rings. The van der Waals surface area contributed by atoms with Gasteiger partial charge in [-0.25, -0.2) is 8.78 Å². The Morgan fingerprint density at radius 2 is 1.97 bits per heavy atom. The molecule has 0 spiro atoms. The van der Waals surface area contributed by atoms with Crippen molar-refractivity contribution in [2.45, 2.75) is 39.2 Å². The fraction of sp³-hybridized carbons (Fsp3) is 0.308. The molecule has 172 valence electrons. The van der Waals surface area contributed by atoms with Gasteiger partial charge in [0.15, 0.2) is 0 Å². The van der Waals surface area contributed by atoms with Gasteiger partial charge in [-0.1, -0.05) is 19.1 Å². The summed E-state index contributed by atoms with van der Waals surface area (Å²) >= 11 is 0. The molecule has 5 nitrogen and oxygen atoms in total. The average Bonchev–Trinajstić information content (AvgIpc) is 2.80. The van der Waals surface area contributed by atoms with E-state index in [0.29, 0.717) is 42.0 Å². The van der Waals surface area contributed by atoms with Crippen LogP contribution in [0.1, 0.15) is 42.0 Å². The summed E-state index contributed by atoms with van der Waals surface area (Å²) in [4.78, 5) is 15.6. The quantitative estimate of drug-likeness (QED) is 0.521. The molecule has 1 aliphatic rings. The first-order valence-corrected chi connectivity index (χ1v) is 10.8. The summed E-state index contributed by atoms with van der Waals surface area (Å²) in [5.41, 5.74) is 3.07. The second-order valence-electron chi connectivity index (χ2n) is 8.36. The highest BCUT2D eigenvalue weighted by Crippen LogP contribution is 2.38. The molecule has 0 saturated carbocycles. The van der Waals surface area contributed by atoms with Crippen LogP contribution in [0.3, 0.4) is 0 Å². The molecule has 0 aliphatic carbocycles. The lowest BCUT2D eigenvalue weighted by Gasteiger charge is -2.27. The number of carboxylic acids is 1. The molecule has 2 unspecified atom stereocenters. The number of fused-ring (bicyclic) bond motifs is 1. The van der Waals surface area contributed by atoms with E-state index in [0.717, 1.165) is 11.1 Å². The average molecular weight is 453 g/mol. The van der Waals surface area contributed by atoms with Crippen LogP contribution in [0.5, 0.6) is 11.5 Å². The number of halogens is 2. The van der Waals surface area contributed by atoms with Crippen molar-refractivity contribution in [3.05, 3.63) is 76.6 Å². The molecular formula is C26H25F2NO4. The molecule has 4 rings (SSSR count). The summed E-state index contributed by atoms with van der Waals surface area (Å²) in [5.74, 6) is -1.35. The van der Waals surface area contributed by atoms with Crippen LogP contribution in [-0.2, 0) is 17.6 Å². The number of hydrogen-bond acceptors (Lipinski definition) is 4. The van der Waals surface area contributed by atoms with Gasteiger partial charge >= 0.3 is 5.97 Å². The van der Waals surface area contributed by atoms with Gasteiger partial charge in [0.1, 0.15) is 34.9 Å². The van der Waals surface area contributed by atoms with Gasteiger partial charge in [-0.15, -0.1) is 0 Å². The third-order valence-electron chi connectivity index (χ3n) is 6.00. The highest BCUT2D eigenvalue weighted by atomic mass is 19.1. The van der Waals surface area contributed by atoms with Crippen LogP contribution in [0.25, 0.3) is 11.1 Å². The number of aromatic nitrogens is 1. The lowest BCUT2D eigenvalue weighted by atomic mass is 9.95. The van der Waals surface area contributed by atoms with E-state index >= 15 is 4.39 Å². The van der Waals surface area contributed by atoms with Gasteiger partial charge in [0.25, 0.3) is 0 Å². The summed E-state index contributed by atoms with van der Waals surface area (Å²) in [5, 5.41) is 9.17. The fourth-order valence-electron chi connectivity index (χ4n) is 4.11. The van der Waals surface area contributed by atoms with Crippen molar-refractivity contribution in [1.29, 1.82) is 0 Å². The summed E-state index contributed by atoms with van der Waals surface area (Å²) in [6.07, 6.45) is 1.02. The van der Waals surface area contributed by atoms with Crippen LogP contribution in [0.15, 0.2) is 42.5 Å². The molecule has 0 saturated heterocycles. The van der Waals surface area contributed by atoms with Gasteiger partial charge in [0, 0.05) is 16.8 Å². The zero-order chi connectivity index (χ0) is 23.7. The van der Waals surface area contributed by atoms with Crippen LogP contribution in [-0.4, -0.2) is 23.2 Å². The molecule has 2 atom stereocenters. The van der Waals surface area contributed by atoms with Crippen molar-refractivity contribution in [2.24, 2.45) is 5.92 Å². The minimum absolute atomic E-state index is 0.175. The monoisotopic (exact) mass is 453 g/mol. The maximum Gasteiger partial charge on any atom is 0.306 e. The second kappa shape index (κ2) is 9.17. The zero-order valence-corrected chi connectivity index (χ0v) is 18.7. The summed E-state index contributed by atoms with van der Waals surface area (Å²) in [6.45, 7) is 3.36. The van der Waals surface area contributed by atoms with Crippen LogP contribution >= 0.6 is 0 Å². The number of carboxylic acid groups (broad SMARTS) is 1. The van der Waals surface area contributed by atoms with E-state index < -0.39 is 29.6 Å². The van der Waals surface area contributed by atoms with E-state index in [1.54, 1.807) is 13.8 Å². The van der Waals surface area contributed by atoms with E-state index in [9.17, 15) is 9.18 Å². The first-order chi connectivity index (χ1) is 15.8. The molecule has 1 aliphatic heterocycles. The van der Waals surface area contributed by atoms with Gasteiger partial charge < -0.3 is 14.6 Å². The fourth-order valence-corrected chi connectivity index (χ4v) is 4.11. The number of carbonyl (C=O) groups is 1. The first kappa shape index (κ1) is 22.7. The van der Waals surface area contributed by atoms with E-state index in [2.05, 4.69) is 4.98 Å². The predicted octanol–water partition coefficient (Wildman–Crippen LogP) is 5.67. The maximum atomic E-state index is 15.2. The normalized spacial score (nSPS) is 16.0. The molecule has 7 heteroatoms. The summed E-state index contributed by atoms with van der Waals surface area (Å²) < 4.78 is 40.9. The largest absolute Gasteiger partial charge is 0.497 e. The standard InChI is InChI=1S/C26H25F2NO4/c1-14(26(30)31)10-16-4-5-17-6-9-23(33-24(17)11-16)25-22(28)13-19(15(2)29-25)20-12-18(32-3)7-8-21(20)27/h4-5,7-8,11-14,23H,6,9-10H2,1-3H3,(H,30,31). The molecule has 2 aromatic carbocycles. The Morgan fingerprint density at radius 3 is 2.70 bits per heavy atom. The molecule has 1 aromatic heterocycles. The number of ether oxygens (including phenoxy) is 2. The Morgan fingerprint density at radius 1 is 1.18 bits per heavy atom. The van der Waals surface area contributed by atoms with Crippen molar-refractivity contribution in [3.63, 3.8) is 0 Å². The van der Waals surface area contributed by atoms with Gasteiger partial charge in [-0.3, -0.25) is 9.78 Å². The summed E-state index contributed by atoms with van der Waals surface area (Å²) in [7, 11) is 1.48. The number of benzene rings is 2. The van der Waals surface area contributed by atoms with E-state index in [4.69, 9.17) is 14.6 Å². The number of aliphatic carboxylic acids is 1. The highest BCUT2D eigenvalue weighted by molar-refractivity contribution is 5.70. The van der Waals surface area contributed by atoms with Crippen LogP contribution in [0.4, 0.5) is 8.78 Å². The summed E-state index contributed by atoms with van der Waals surface area (Å²) in [6, 6.07) is 11.3. The molecular weight excluding hydrogens is 428 g/mol. The Bertz CT molecular complexity index is 1210. The number of nitrogens with zero attached hydrogens (tertiary/aromatic N) is 1. The molecule has 1 N–H and O–H groups in total. The van der Waals surface area contributed by atoms with E-state index in [1.165, 1.54) is 31.4 Å². The molecule has 0 bridgehead atoms. The maximum absolute atomic E-state index is 15.2. The van der Waals surface area contributed by atoms with Crippen molar-refractivity contribution >= 4 is 5.97 Å². The Hall–Kier alpha value is -3.48. The first-order valence-electron chi connectivity index (χ1n) is 10.8. The van der Waals surface area contributed by atoms with E-state index in [-0.39, 0.29) is 11.3 Å². The van der Waals surface area contributed by atoms with Gasteiger partial charge in [0.2, 0.25) is 0 Å². The molecule has 2 heterocycles. The van der Waals surface area contributed by atoms with Gasteiger partial charge in [-0.05, 0) is 67.6 Å². The number of aryl methyl sites for hydroxylation is 2. The van der Waals surface area contributed by atoms with Gasteiger partial charge in [0.05, 0.1) is 13.0 Å². The van der Waals surface area contributed by atoms with Crippen molar-refractivity contribution in [3.8, 4) is 22.6 Å². The lowest BCUT2D eigenvalue weighted by Crippen LogP contribution is -2.19. The van der Waals surface area contributed by atoms with Crippen LogP contribution in [0.2, 0.25) is 0 Å². The van der Waals surface area contributed by atoms with Gasteiger partial charge in [-0.2, -0.15) is 0 Å². The molecule has 0 radical (unpaired) electrons. The minimum Gasteiger partial charge on any atom is -0.497 e. The Labute approximate surface area is 191 Å². The topological polar surface area (TPSA) is 68.7 Å². The van der Waals surface area contributed by atoms with Crippen molar-refractivity contribution in [2.75, 3.05) is 7.11 Å². The Kier molecular flexibility index (Phi) is 6.31. The number of rotatable bonds is 6. The third kappa shape index (κ3) is 4.67. The third-order valence-corrected chi connectivity index (χ3v) is 6.00. The predicted molar refractivity (Wildman–Crippen MR) is 120 cm³/mol. The minimum atomic E-state index is -0.860. The SMILES string of the molecule is COc1ccc(F)c(-c2cc(F)c(C3CCc4ccc(CC(C)C(=O)O)cc4O3)nc2C)c1. The smallest absolute Gasteiger partial charge is 0.306 e. The number of methoxy groups -OCH3 is 1. The number of pyridine rings is 1. The highest BCUT2D eigenvalue weighted by Gasteiger charge is 2.27. The Balaban J connectivity index is 1.62. The second-order valence-corrected chi connectivity index (χ2v) is 8.36. The van der Waals surface area contributed by atoms with Crippen molar-refractivity contribution < 1.29 is 28.2 Å². The number of hydrogen-bond donors (Lipinski definition) is 1. The lowest BCUT2D eigenvalue weighted by molar-refractivity contribution is -0.141. The van der Waals surface area contributed by atoms with E-state index in [1.807, 2.05) is 18.2 Å². The van der Waals surface area contributed by atoms with Crippen LogP contribution in [0, 0.1) is 24.5 Å².